The molecule has 0 aliphatic heterocycles. The van der Waals surface area contributed by atoms with E-state index < -0.39 is 11.9 Å². The number of methoxy groups -OCH3 is 1. The SMILES string of the molecule is COc1ccc(C2CC(NC(=O)N(C)CC(C)C(=O)O)C2)cc1F. The van der Waals surface area contributed by atoms with E-state index in [9.17, 15) is 14.0 Å². The fraction of sp³-hybridized carbons (Fsp3) is 0.529. The smallest absolute Gasteiger partial charge is 0.317 e. The Morgan fingerprint density at radius 1 is 1.46 bits per heavy atom. The fourth-order valence-corrected chi connectivity index (χ4v) is 2.80. The minimum atomic E-state index is -0.931. The van der Waals surface area contributed by atoms with E-state index in [1.165, 1.54) is 18.1 Å². The number of carboxylic acid groups (broad SMARTS) is 1. The minimum Gasteiger partial charge on any atom is -0.494 e. The maximum absolute atomic E-state index is 13.7. The molecule has 2 rings (SSSR count). The predicted octanol–water partition coefficient (Wildman–Crippen LogP) is 2.44. The van der Waals surface area contributed by atoms with Crippen LogP contribution in [0.2, 0.25) is 0 Å². The Kier molecular flexibility index (Phi) is 5.64. The molecule has 0 spiro atoms. The zero-order chi connectivity index (χ0) is 17.9. The van der Waals surface area contributed by atoms with Crippen LogP contribution in [-0.2, 0) is 4.79 Å². The van der Waals surface area contributed by atoms with E-state index in [0.29, 0.717) is 0 Å². The van der Waals surface area contributed by atoms with Crippen LogP contribution >= 0.6 is 0 Å². The van der Waals surface area contributed by atoms with Gasteiger partial charge in [-0.3, -0.25) is 4.79 Å². The normalized spacial score (nSPS) is 20.7. The Labute approximate surface area is 140 Å². The minimum absolute atomic E-state index is 0.0234. The molecule has 0 aromatic heterocycles. The van der Waals surface area contributed by atoms with Crippen LogP contribution in [0.5, 0.6) is 5.75 Å². The lowest BCUT2D eigenvalue weighted by Crippen LogP contribution is -2.49. The molecular weight excluding hydrogens is 315 g/mol. The molecule has 0 saturated heterocycles. The van der Waals surface area contributed by atoms with Gasteiger partial charge in [0, 0.05) is 19.6 Å². The van der Waals surface area contributed by atoms with E-state index >= 15 is 0 Å². The first kappa shape index (κ1) is 18.0. The molecule has 2 N–H and O–H groups in total. The number of rotatable bonds is 6. The summed E-state index contributed by atoms with van der Waals surface area (Å²) in [5, 5.41) is 11.7. The van der Waals surface area contributed by atoms with Gasteiger partial charge in [-0.1, -0.05) is 13.0 Å². The Bertz CT molecular complexity index is 617. The van der Waals surface area contributed by atoms with Crippen LogP contribution in [0.3, 0.4) is 0 Å². The van der Waals surface area contributed by atoms with Gasteiger partial charge in [-0.25, -0.2) is 9.18 Å². The maximum Gasteiger partial charge on any atom is 0.317 e. The van der Waals surface area contributed by atoms with Crippen molar-refractivity contribution in [2.45, 2.75) is 31.7 Å². The summed E-state index contributed by atoms with van der Waals surface area (Å²) in [4.78, 5) is 24.2. The second kappa shape index (κ2) is 7.51. The number of aliphatic carboxylic acids is 1. The number of nitrogens with one attached hydrogen (secondary N) is 1. The molecule has 0 radical (unpaired) electrons. The second-order valence-corrected chi connectivity index (χ2v) is 6.33. The number of ether oxygens (including phenoxy) is 1. The maximum atomic E-state index is 13.7. The molecule has 6 nitrogen and oxygen atoms in total. The van der Waals surface area contributed by atoms with E-state index in [4.69, 9.17) is 9.84 Å². The van der Waals surface area contributed by atoms with Gasteiger partial charge in [-0.15, -0.1) is 0 Å². The van der Waals surface area contributed by atoms with Gasteiger partial charge in [-0.2, -0.15) is 0 Å². The van der Waals surface area contributed by atoms with E-state index in [0.717, 1.165) is 18.4 Å². The van der Waals surface area contributed by atoms with Crippen molar-refractivity contribution in [1.82, 2.24) is 10.2 Å². The molecule has 0 heterocycles. The molecule has 2 amide bonds. The van der Waals surface area contributed by atoms with Crippen LogP contribution in [0.4, 0.5) is 9.18 Å². The highest BCUT2D eigenvalue weighted by atomic mass is 19.1. The van der Waals surface area contributed by atoms with Crippen molar-refractivity contribution in [2.24, 2.45) is 5.92 Å². The van der Waals surface area contributed by atoms with E-state index in [2.05, 4.69) is 5.32 Å². The highest BCUT2D eigenvalue weighted by molar-refractivity contribution is 5.76. The monoisotopic (exact) mass is 338 g/mol. The first-order valence-corrected chi connectivity index (χ1v) is 7.89. The highest BCUT2D eigenvalue weighted by Gasteiger charge is 2.32. The summed E-state index contributed by atoms with van der Waals surface area (Å²) in [7, 11) is 3.00. The van der Waals surface area contributed by atoms with Gasteiger partial charge in [0.15, 0.2) is 11.6 Å². The highest BCUT2D eigenvalue weighted by Crippen LogP contribution is 2.38. The lowest BCUT2D eigenvalue weighted by Gasteiger charge is -2.37. The van der Waals surface area contributed by atoms with Crippen molar-refractivity contribution in [1.29, 1.82) is 0 Å². The molecule has 1 aliphatic carbocycles. The van der Waals surface area contributed by atoms with Gasteiger partial charge in [0.25, 0.3) is 0 Å². The molecule has 1 aromatic rings. The van der Waals surface area contributed by atoms with Crippen molar-refractivity contribution < 1.29 is 23.8 Å². The third-order valence-corrected chi connectivity index (χ3v) is 4.43. The zero-order valence-electron chi connectivity index (χ0n) is 14.1. The number of hydrogen-bond donors (Lipinski definition) is 2. The molecular formula is C17H23FN2O4. The lowest BCUT2D eigenvalue weighted by molar-refractivity contribution is -0.141. The number of halogens is 1. The second-order valence-electron chi connectivity index (χ2n) is 6.33. The van der Waals surface area contributed by atoms with Gasteiger partial charge in [0.05, 0.1) is 13.0 Å². The summed E-state index contributed by atoms with van der Waals surface area (Å²) < 4.78 is 18.6. The third kappa shape index (κ3) is 4.15. The zero-order valence-corrected chi connectivity index (χ0v) is 14.1. The molecule has 1 saturated carbocycles. The van der Waals surface area contributed by atoms with Gasteiger partial charge >= 0.3 is 12.0 Å². The summed E-state index contributed by atoms with van der Waals surface area (Å²) in [6, 6.07) is 4.66. The molecule has 1 unspecified atom stereocenters. The average molecular weight is 338 g/mol. The number of benzene rings is 1. The molecule has 7 heteroatoms. The van der Waals surface area contributed by atoms with Gasteiger partial charge < -0.3 is 20.1 Å². The molecule has 1 aliphatic rings. The predicted molar refractivity (Wildman–Crippen MR) is 86.7 cm³/mol. The van der Waals surface area contributed by atoms with Crippen LogP contribution in [0.15, 0.2) is 18.2 Å². The first-order valence-electron chi connectivity index (χ1n) is 7.89. The van der Waals surface area contributed by atoms with Gasteiger partial charge in [0.1, 0.15) is 0 Å². The quantitative estimate of drug-likeness (QED) is 0.835. The van der Waals surface area contributed by atoms with Crippen molar-refractivity contribution in [3.05, 3.63) is 29.6 Å². The third-order valence-electron chi connectivity index (χ3n) is 4.43. The van der Waals surface area contributed by atoms with Gasteiger partial charge in [-0.05, 0) is 36.5 Å². The Balaban J connectivity index is 1.81. The number of carbonyl (C=O) groups is 2. The van der Waals surface area contributed by atoms with Crippen LogP contribution in [-0.4, -0.2) is 48.8 Å². The number of hydrogen-bond acceptors (Lipinski definition) is 3. The summed E-state index contributed by atoms with van der Waals surface area (Å²) in [6.07, 6.45) is 1.47. The number of carbonyl (C=O) groups excluding carboxylic acids is 1. The molecule has 24 heavy (non-hydrogen) atoms. The summed E-state index contributed by atoms with van der Waals surface area (Å²) in [5.41, 5.74) is 0.895. The van der Waals surface area contributed by atoms with Crippen molar-refractivity contribution in [3.8, 4) is 5.75 Å². The van der Waals surface area contributed by atoms with E-state index in [1.54, 1.807) is 20.0 Å². The Hall–Kier alpha value is -2.31. The number of nitrogens with zero attached hydrogens (tertiary/aromatic N) is 1. The fourth-order valence-electron chi connectivity index (χ4n) is 2.80. The number of carboxylic acids is 1. The summed E-state index contributed by atoms with van der Waals surface area (Å²) in [6.45, 7) is 1.71. The molecule has 1 aromatic carbocycles. The molecule has 0 bridgehead atoms. The van der Waals surface area contributed by atoms with Gasteiger partial charge in [0.2, 0.25) is 0 Å². The van der Waals surface area contributed by atoms with Crippen molar-refractivity contribution in [2.75, 3.05) is 20.7 Å². The molecule has 1 atom stereocenters. The largest absolute Gasteiger partial charge is 0.494 e. The first-order chi connectivity index (χ1) is 11.3. The van der Waals surface area contributed by atoms with E-state index in [1.807, 2.05) is 6.07 Å². The molecule has 132 valence electrons. The average Bonchev–Trinajstić information content (AvgIpc) is 2.49. The van der Waals surface area contributed by atoms with E-state index in [-0.39, 0.29) is 36.1 Å². The molecule has 1 fully saturated rings. The standard InChI is InChI=1S/C17H23FN2O4/c1-10(16(21)22)9-20(2)17(23)19-13-6-12(7-13)11-4-5-15(24-3)14(18)8-11/h4-5,8,10,12-13H,6-7,9H2,1-3H3,(H,19,23)(H,21,22). The van der Waals surface area contributed by atoms with Crippen LogP contribution < -0.4 is 10.1 Å². The van der Waals surface area contributed by atoms with Crippen LogP contribution in [0, 0.1) is 11.7 Å². The Morgan fingerprint density at radius 2 is 2.12 bits per heavy atom. The Morgan fingerprint density at radius 3 is 2.67 bits per heavy atom. The lowest BCUT2D eigenvalue weighted by atomic mass is 9.76. The summed E-state index contributed by atoms with van der Waals surface area (Å²) >= 11 is 0. The topological polar surface area (TPSA) is 78.9 Å². The number of urea groups is 1. The van der Waals surface area contributed by atoms with Crippen molar-refractivity contribution >= 4 is 12.0 Å². The van der Waals surface area contributed by atoms with Crippen LogP contribution in [0.1, 0.15) is 31.2 Å². The van der Waals surface area contributed by atoms with Crippen molar-refractivity contribution in [3.63, 3.8) is 0 Å². The van der Waals surface area contributed by atoms with Crippen LogP contribution in [0.25, 0.3) is 0 Å². The summed E-state index contributed by atoms with van der Waals surface area (Å²) in [5.74, 6) is -1.50. The number of amides is 2.